The Morgan fingerprint density at radius 1 is 1.00 bits per heavy atom. The van der Waals surface area contributed by atoms with Gasteiger partial charge in [0, 0.05) is 11.8 Å². The number of fused-ring (bicyclic) bond motifs is 1. The molecule has 0 unspecified atom stereocenters. The van der Waals surface area contributed by atoms with E-state index >= 15 is 0 Å². The van der Waals surface area contributed by atoms with Crippen molar-refractivity contribution in [3.8, 4) is 5.75 Å². The zero-order valence-corrected chi connectivity index (χ0v) is 8.45. The van der Waals surface area contributed by atoms with E-state index in [-0.39, 0.29) is 6.67 Å². The fourth-order valence-electron chi connectivity index (χ4n) is 1.56. The molecule has 0 aliphatic carbocycles. The summed E-state index contributed by atoms with van der Waals surface area (Å²) in [7, 11) is 0. The van der Waals surface area contributed by atoms with Crippen LogP contribution >= 0.6 is 0 Å². The van der Waals surface area contributed by atoms with Gasteiger partial charge in [-0.15, -0.1) is 0 Å². The molecule has 15 heavy (non-hydrogen) atoms. The van der Waals surface area contributed by atoms with Crippen LogP contribution in [0.15, 0.2) is 42.5 Å². The zero-order chi connectivity index (χ0) is 10.5. The highest BCUT2D eigenvalue weighted by atomic mass is 19.1. The highest BCUT2D eigenvalue weighted by Gasteiger charge is 2.00. The lowest BCUT2D eigenvalue weighted by atomic mass is 10.1. The number of hydrogen-bond donors (Lipinski definition) is 0. The molecule has 0 fully saturated rings. The summed E-state index contributed by atoms with van der Waals surface area (Å²) >= 11 is 0. The Labute approximate surface area is 88.5 Å². The molecule has 0 aliphatic heterocycles. The van der Waals surface area contributed by atoms with Crippen LogP contribution < -0.4 is 4.74 Å². The molecule has 0 saturated carbocycles. The average molecular weight is 204 g/mol. The Kier molecular flexibility index (Phi) is 3.18. The highest BCUT2D eigenvalue weighted by molar-refractivity contribution is 5.88. The monoisotopic (exact) mass is 204 g/mol. The highest BCUT2D eigenvalue weighted by Crippen LogP contribution is 2.25. The smallest absolute Gasteiger partial charge is 0.127 e. The first-order chi connectivity index (χ1) is 7.42. The Morgan fingerprint density at radius 3 is 2.67 bits per heavy atom. The van der Waals surface area contributed by atoms with Crippen molar-refractivity contribution in [1.29, 1.82) is 0 Å². The van der Waals surface area contributed by atoms with Gasteiger partial charge in [-0.3, -0.25) is 4.39 Å². The molecule has 0 radical (unpaired) electrons. The van der Waals surface area contributed by atoms with Crippen LogP contribution in [0.4, 0.5) is 4.39 Å². The Morgan fingerprint density at radius 2 is 1.80 bits per heavy atom. The summed E-state index contributed by atoms with van der Waals surface area (Å²) in [6.45, 7) is 0.106. The number of benzene rings is 2. The van der Waals surface area contributed by atoms with E-state index in [9.17, 15) is 4.39 Å². The van der Waals surface area contributed by atoms with Crippen molar-refractivity contribution in [2.45, 2.75) is 6.42 Å². The molecule has 0 heterocycles. The maximum atomic E-state index is 11.9. The van der Waals surface area contributed by atoms with Gasteiger partial charge >= 0.3 is 0 Å². The van der Waals surface area contributed by atoms with Gasteiger partial charge < -0.3 is 4.74 Å². The Balaban J connectivity index is 2.26. The molecule has 0 saturated heterocycles. The summed E-state index contributed by atoms with van der Waals surface area (Å²) in [5.41, 5.74) is 0. The summed E-state index contributed by atoms with van der Waals surface area (Å²) in [6.07, 6.45) is 0.448. The first-order valence-electron chi connectivity index (χ1n) is 5.08. The third-order valence-electron chi connectivity index (χ3n) is 2.29. The quantitative estimate of drug-likeness (QED) is 0.692. The van der Waals surface area contributed by atoms with Crippen molar-refractivity contribution in [2.75, 3.05) is 13.3 Å². The van der Waals surface area contributed by atoms with Gasteiger partial charge in [-0.05, 0) is 11.5 Å². The SMILES string of the molecule is FCCCOc1cccc2ccccc12. The van der Waals surface area contributed by atoms with E-state index in [1.165, 1.54) is 0 Å². The van der Waals surface area contributed by atoms with Gasteiger partial charge in [-0.1, -0.05) is 36.4 Å². The molecule has 0 bridgehead atoms. The number of ether oxygens (including phenoxy) is 1. The molecular formula is C13H13FO. The molecule has 0 atom stereocenters. The second-order valence-electron chi connectivity index (χ2n) is 3.37. The molecule has 2 rings (SSSR count). The molecule has 2 aromatic carbocycles. The molecule has 1 nitrogen and oxygen atoms in total. The lowest BCUT2D eigenvalue weighted by molar-refractivity contribution is 0.292. The van der Waals surface area contributed by atoms with E-state index in [0.717, 1.165) is 16.5 Å². The van der Waals surface area contributed by atoms with E-state index in [0.29, 0.717) is 13.0 Å². The van der Waals surface area contributed by atoms with E-state index in [4.69, 9.17) is 4.74 Å². The molecule has 78 valence electrons. The van der Waals surface area contributed by atoms with Crippen LogP contribution in [0, 0.1) is 0 Å². The maximum absolute atomic E-state index is 11.9. The number of hydrogen-bond acceptors (Lipinski definition) is 1. The number of halogens is 1. The lowest BCUT2D eigenvalue weighted by Gasteiger charge is -2.07. The number of alkyl halides is 1. The minimum Gasteiger partial charge on any atom is -0.493 e. The van der Waals surface area contributed by atoms with Crippen LogP contribution in [-0.2, 0) is 0 Å². The minimum absolute atomic E-state index is 0.329. The van der Waals surface area contributed by atoms with E-state index in [1.54, 1.807) is 0 Å². The summed E-state index contributed by atoms with van der Waals surface area (Å²) in [5.74, 6) is 0.835. The van der Waals surface area contributed by atoms with Gasteiger partial charge in [-0.25, -0.2) is 0 Å². The van der Waals surface area contributed by atoms with Crippen LogP contribution in [0.3, 0.4) is 0 Å². The summed E-state index contributed by atoms with van der Waals surface area (Å²) in [5, 5.41) is 2.23. The first-order valence-corrected chi connectivity index (χ1v) is 5.08. The number of rotatable bonds is 4. The van der Waals surface area contributed by atoms with Crippen LogP contribution in [0.1, 0.15) is 6.42 Å². The molecule has 0 aromatic heterocycles. The fraction of sp³-hybridized carbons (Fsp3) is 0.231. The predicted molar refractivity (Wildman–Crippen MR) is 60.0 cm³/mol. The normalized spacial score (nSPS) is 10.5. The van der Waals surface area contributed by atoms with Gasteiger partial charge in [0.05, 0.1) is 13.3 Å². The Hall–Kier alpha value is -1.57. The van der Waals surface area contributed by atoms with E-state index in [2.05, 4.69) is 0 Å². The topological polar surface area (TPSA) is 9.23 Å². The second-order valence-corrected chi connectivity index (χ2v) is 3.37. The zero-order valence-electron chi connectivity index (χ0n) is 8.45. The molecule has 2 aromatic rings. The lowest BCUT2D eigenvalue weighted by Crippen LogP contribution is -1.98. The van der Waals surface area contributed by atoms with Gasteiger partial charge in [-0.2, -0.15) is 0 Å². The third kappa shape index (κ3) is 2.27. The van der Waals surface area contributed by atoms with Gasteiger partial charge in [0.1, 0.15) is 5.75 Å². The van der Waals surface area contributed by atoms with Crippen molar-refractivity contribution in [3.63, 3.8) is 0 Å². The van der Waals surface area contributed by atoms with Gasteiger partial charge in [0.25, 0.3) is 0 Å². The van der Waals surface area contributed by atoms with E-state index in [1.807, 2.05) is 42.5 Å². The van der Waals surface area contributed by atoms with Crippen LogP contribution in [0.2, 0.25) is 0 Å². The van der Waals surface area contributed by atoms with Gasteiger partial charge in [0.15, 0.2) is 0 Å². The summed E-state index contributed by atoms with van der Waals surface area (Å²) in [6, 6.07) is 13.9. The average Bonchev–Trinajstić information content (AvgIpc) is 2.30. The largest absolute Gasteiger partial charge is 0.493 e. The Bertz CT molecular complexity index is 434. The van der Waals surface area contributed by atoms with Crippen molar-refractivity contribution in [3.05, 3.63) is 42.5 Å². The second kappa shape index (κ2) is 4.78. The third-order valence-corrected chi connectivity index (χ3v) is 2.29. The summed E-state index contributed by atoms with van der Waals surface area (Å²) in [4.78, 5) is 0. The van der Waals surface area contributed by atoms with Crippen molar-refractivity contribution in [1.82, 2.24) is 0 Å². The van der Waals surface area contributed by atoms with Crippen molar-refractivity contribution in [2.24, 2.45) is 0 Å². The first kappa shape index (κ1) is 9.97. The molecule has 0 aliphatic rings. The van der Waals surface area contributed by atoms with Crippen molar-refractivity contribution >= 4 is 10.8 Å². The molecule has 0 N–H and O–H groups in total. The van der Waals surface area contributed by atoms with Crippen molar-refractivity contribution < 1.29 is 9.13 Å². The van der Waals surface area contributed by atoms with Crippen LogP contribution in [0.25, 0.3) is 10.8 Å². The van der Waals surface area contributed by atoms with Crippen LogP contribution in [0.5, 0.6) is 5.75 Å². The van der Waals surface area contributed by atoms with Crippen LogP contribution in [-0.4, -0.2) is 13.3 Å². The van der Waals surface area contributed by atoms with E-state index < -0.39 is 0 Å². The molecule has 0 amide bonds. The maximum Gasteiger partial charge on any atom is 0.127 e. The molecule has 0 spiro atoms. The molecular weight excluding hydrogens is 191 g/mol. The van der Waals surface area contributed by atoms with Gasteiger partial charge in [0.2, 0.25) is 0 Å². The molecule has 2 heteroatoms. The minimum atomic E-state index is -0.329. The fourth-order valence-corrected chi connectivity index (χ4v) is 1.56. The standard InChI is InChI=1S/C13H13FO/c14-9-4-10-15-13-8-3-6-11-5-1-2-7-12(11)13/h1-3,5-8H,4,9-10H2. The summed E-state index contributed by atoms with van der Waals surface area (Å²) < 4.78 is 17.4. The predicted octanol–water partition coefficient (Wildman–Crippen LogP) is 3.58.